The Hall–Kier alpha value is -1.55. The Morgan fingerprint density at radius 2 is 2.12 bits per heavy atom. The Labute approximate surface area is 102 Å². The third kappa shape index (κ3) is 4.44. The molecule has 1 aromatic rings. The van der Waals surface area contributed by atoms with Crippen LogP contribution in [0.4, 0.5) is 5.69 Å². The van der Waals surface area contributed by atoms with Gasteiger partial charge in [0.1, 0.15) is 0 Å². The fourth-order valence-electron chi connectivity index (χ4n) is 1.43. The summed E-state index contributed by atoms with van der Waals surface area (Å²) < 4.78 is 0. The molecule has 0 fully saturated rings. The Bertz CT molecular complexity index is 364. The molecule has 0 saturated carbocycles. The van der Waals surface area contributed by atoms with Crippen LogP contribution in [0.15, 0.2) is 24.3 Å². The highest BCUT2D eigenvalue weighted by molar-refractivity contribution is 5.99. The number of amides is 1. The first-order valence-corrected chi connectivity index (χ1v) is 5.94. The average molecular weight is 236 g/mol. The lowest BCUT2D eigenvalue weighted by Gasteiger charge is -2.12. The van der Waals surface area contributed by atoms with Crippen LogP contribution in [0.1, 0.15) is 30.6 Å². The van der Waals surface area contributed by atoms with E-state index in [0.29, 0.717) is 5.56 Å². The SMILES string of the molecule is CCCNc1ccccc1C(=O)NC[C@H](C)O. The molecule has 0 aliphatic rings. The molecule has 0 saturated heterocycles. The van der Waals surface area contributed by atoms with Crippen LogP contribution < -0.4 is 10.6 Å². The molecule has 0 spiro atoms. The lowest BCUT2D eigenvalue weighted by Crippen LogP contribution is -2.31. The molecule has 1 amide bonds. The molecule has 0 aromatic heterocycles. The lowest BCUT2D eigenvalue weighted by atomic mass is 10.1. The maximum absolute atomic E-state index is 11.9. The van der Waals surface area contributed by atoms with E-state index in [-0.39, 0.29) is 12.5 Å². The number of hydrogen-bond acceptors (Lipinski definition) is 3. The Morgan fingerprint density at radius 3 is 2.76 bits per heavy atom. The summed E-state index contributed by atoms with van der Waals surface area (Å²) in [4.78, 5) is 11.9. The summed E-state index contributed by atoms with van der Waals surface area (Å²) in [6.07, 6.45) is 0.471. The minimum Gasteiger partial charge on any atom is -0.392 e. The fourth-order valence-corrected chi connectivity index (χ4v) is 1.43. The average Bonchev–Trinajstić information content (AvgIpc) is 2.33. The van der Waals surface area contributed by atoms with E-state index >= 15 is 0 Å². The quantitative estimate of drug-likeness (QED) is 0.703. The first-order valence-electron chi connectivity index (χ1n) is 5.94. The minimum absolute atomic E-state index is 0.162. The number of benzene rings is 1. The smallest absolute Gasteiger partial charge is 0.253 e. The molecule has 0 unspecified atom stereocenters. The number of carbonyl (C=O) groups is 1. The predicted octanol–water partition coefficient (Wildman–Crippen LogP) is 1.62. The standard InChI is InChI=1S/C13H20N2O2/c1-3-8-14-12-7-5-4-6-11(12)13(17)15-9-10(2)16/h4-7,10,14,16H,3,8-9H2,1-2H3,(H,15,17)/t10-/m0/s1. The van der Waals surface area contributed by atoms with E-state index in [2.05, 4.69) is 17.6 Å². The highest BCUT2D eigenvalue weighted by atomic mass is 16.3. The molecule has 1 rings (SSSR count). The van der Waals surface area contributed by atoms with Crippen LogP contribution in [0.2, 0.25) is 0 Å². The van der Waals surface area contributed by atoms with Crippen molar-refractivity contribution in [2.75, 3.05) is 18.4 Å². The van der Waals surface area contributed by atoms with E-state index in [1.165, 1.54) is 0 Å². The van der Waals surface area contributed by atoms with Gasteiger partial charge in [0.25, 0.3) is 5.91 Å². The molecule has 4 heteroatoms. The summed E-state index contributed by atoms with van der Waals surface area (Å²) in [5.41, 5.74) is 1.44. The van der Waals surface area contributed by atoms with Crippen molar-refractivity contribution in [3.63, 3.8) is 0 Å². The Morgan fingerprint density at radius 1 is 1.41 bits per heavy atom. The molecule has 94 valence electrons. The normalized spacial score (nSPS) is 11.9. The van der Waals surface area contributed by atoms with Crippen LogP contribution in [-0.2, 0) is 0 Å². The monoisotopic (exact) mass is 236 g/mol. The second-order valence-corrected chi connectivity index (χ2v) is 4.03. The highest BCUT2D eigenvalue weighted by Gasteiger charge is 2.10. The molecule has 0 bridgehead atoms. The van der Waals surface area contributed by atoms with E-state index in [1.54, 1.807) is 13.0 Å². The molecule has 0 heterocycles. The third-order valence-electron chi connectivity index (χ3n) is 2.30. The van der Waals surface area contributed by atoms with Gasteiger partial charge in [0.15, 0.2) is 0 Å². The molecule has 0 radical (unpaired) electrons. The third-order valence-corrected chi connectivity index (χ3v) is 2.30. The largest absolute Gasteiger partial charge is 0.392 e. The summed E-state index contributed by atoms with van der Waals surface area (Å²) in [6.45, 7) is 4.81. The predicted molar refractivity (Wildman–Crippen MR) is 69.2 cm³/mol. The summed E-state index contributed by atoms with van der Waals surface area (Å²) in [7, 11) is 0. The molecule has 0 aliphatic heterocycles. The van der Waals surface area contributed by atoms with Gasteiger partial charge >= 0.3 is 0 Å². The topological polar surface area (TPSA) is 61.4 Å². The first kappa shape index (κ1) is 13.5. The van der Waals surface area contributed by atoms with Crippen molar-refractivity contribution in [1.82, 2.24) is 5.32 Å². The van der Waals surface area contributed by atoms with Gasteiger partial charge in [-0.1, -0.05) is 19.1 Å². The van der Waals surface area contributed by atoms with E-state index in [1.807, 2.05) is 18.2 Å². The number of carbonyl (C=O) groups excluding carboxylic acids is 1. The summed E-state index contributed by atoms with van der Waals surface area (Å²) >= 11 is 0. The first-order chi connectivity index (χ1) is 8.15. The van der Waals surface area contributed by atoms with Crippen molar-refractivity contribution >= 4 is 11.6 Å². The van der Waals surface area contributed by atoms with E-state index in [9.17, 15) is 4.79 Å². The zero-order chi connectivity index (χ0) is 12.7. The van der Waals surface area contributed by atoms with Crippen LogP contribution in [0, 0.1) is 0 Å². The van der Waals surface area contributed by atoms with Gasteiger partial charge in [-0.3, -0.25) is 4.79 Å². The Balaban J connectivity index is 2.70. The fraction of sp³-hybridized carbons (Fsp3) is 0.462. The number of aliphatic hydroxyl groups is 1. The molecule has 4 nitrogen and oxygen atoms in total. The second kappa shape index (κ2) is 6.91. The van der Waals surface area contributed by atoms with E-state index in [0.717, 1.165) is 18.7 Å². The summed E-state index contributed by atoms with van der Waals surface area (Å²) in [6, 6.07) is 7.38. The Kier molecular flexibility index (Phi) is 5.49. The summed E-state index contributed by atoms with van der Waals surface area (Å²) in [5, 5.41) is 15.0. The number of nitrogens with one attached hydrogen (secondary N) is 2. The minimum atomic E-state index is -0.533. The van der Waals surface area contributed by atoms with Gasteiger partial charge < -0.3 is 15.7 Å². The number of hydrogen-bond donors (Lipinski definition) is 3. The zero-order valence-corrected chi connectivity index (χ0v) is 10.4. The number of rotatable bonds is 6. The zero-order valence-electron chi connectivity index (χ0n) is 10.4. The number of aliphatic hydroxyl groups excluding tert-OH is 1. The van der Waals surface area contributed by atoms with Crippen LogP contribution in [0.25, 0.3) is 0 Å². The van der Waals surface area contributed by atoms with Gasteiger partial charge in [-0.2, -0.15) is 0 Å². The van der Waals surface area contributed by atoms with Gasteiger partial charge in [0.2, 0.25) is 0 Å². The van der Waals surface area contributed by atoms with Gasteiger partial charge in [0.05, 0.1) is 11.7 Å². The molecule has 1 aromatic carbocycles. The molecule has 0 aliphatic carbocycles. The van der Waals surface area contributed by atoms with Crippen LogP contribution in [-0.4, -0.2) is 30.2 Å². The van der Waals surface area contributed by atoms with Crippen LogP contribution >= 0.6 is 0 Å². The van der Waals surface area contributed by atoms with Gasteiger partial charge in [-0.15, -0.1) is 0 Å². The second-order valence-electron chi connectivity index (χ2n) is 4.03. The van der Waals surface area contributed by atoms with Crippen molar-refractivity contribution in [3.05, 3.63) is 29.8 Å². The van der Waals surface area contributed by atoms with Gasteiger partial charge in [0, 0.05) is 18.8 Å². The number of anilines is 1. The molecular formula is C13H20N2O2. The maximum Gasteiger partial charge on any atom is 0.253 e. The molecule has 3 N–H and O–H groups in total. The van der Waals surface area contributed by atoms with Crippen molar-refractivity contribution in [2.24, 2.45) is 0 Å². The van der Waals surface area contributed by atoms with Crippen molar-refractivity contribution < 1.29 is 9.90 Å². The summed E-state index contributed by atoms with van der Waals surface area (Å²) in [5.74, 6) is -0.162. The molecule has 1 atom stereocenters. The van der Waals surface area contributed by atoms with E-state index < -0.39 is 6.10 Å². The van der Waals surface area contributed by atoms with Gasteiger partial charge in [-0.05, 0) is 25.5 Å². The lowest BCUT2D eigenvalue weighted by molar-refractivity contribution is 0.0925. The van der Waals surface area contributed by atoms with Crippen LogP contribution in [0.5, 0.6) is 0 Å². The maximum atomic E-state index is 11.9. The highest BCUT2D eigenvalue weighted by Crippen LogP contribution is 2.14. The number of para-hydroxylation sites is 1. The van der Waals surface area contributed by atoms with Crippen LogP contribution in [0.3, 0.4) is 0 Å². The van der Waals surface area contributed by atoms with Crippen molar-refractivity contribution in [1.29, 1.82) is 0 Å². The molecule has 17 heavy (non-hydrogen) atoms. The van der Waals surface area contributed by atoms with Gasteiger partial charge in [-0.25, -0.2) is 0 Å². The van der Waals surface area contributed by atoms with Crippen molar-refractivity contribution in [3.8, 4) is 0 Å². The van der Waals surface area contributed by atoms with Crippen molar-refractivity contribution in [2.45, 2.75) is 26.4 Å². The van der Waals surface area contributed by atoms with E-state index in [4.69, 9.17) is 5.11 Å². The molecular weight excluding hydrogens is 216 g/mol.